The first-order valence-corrected chi connectivity index (χ1v) is 6.15. The largest absolute Gasteiger partial charge is 0.478 e. The van der Waals surface area contributed by atoms with Gasteiger partial charge in [0.15, 0.2) is 10.9 Å². The highest BCUT2D eigenvalue weighted by atomic mass is 32.2. The molecule has 0 unspecified atom stereocenters. The van der Waals surface area contributed by atoms with E-state index in [-0.39, 0.29) is 16.2 Å². The third-order valence-corrected chi connectivity index (χ3v) is 2.80. The molecule has 0 bridgehead atoms. The van der Waals surface area contributed by atoms with Gasteiger partial charge in [-0.05, 0) is 12.1 Å². The highest BCUT2D eigenvalue weighted by molar-refractivity contribution is 8.13. The van der Waals surface area contributed by atoms with Gasteiger partial charge in [-0.2, -0.15) is 0 Å². The second-order valence-electron chi connectivity index (χ2n) is 3.36. The van der Waals surface area contributed by atoms with E-state index in [1.807, 2.05) is 0 Å². The summed E-state index contributed by atoms with van der Waals surface area (Å²) >= 11 is 1.15. The Morgan fingerprint density at radius 1 is 1.44 bits per heavy atom. The second kappa shape index (κ2) is 6.82. The van der Waals surface area contributed by atoms with E-state index >= 15 is 0 Å². The maximum absolute atomic E-state index is 13.6. The van der Waals surface area contributed by atoms with Gasteiger partial charge in [0.2, 0.25) is 0 Å². The Hall–Kier alpha value is -1.80. The SMILES string of the molecule is CC(=O)SCCC#Cc1cccc(C(=O)O)c1F. The average molecular weight is 266 g/mol. The molecule has 0 aliphatic heterocycles. The zero-order chi connectivity index (χ0) is 13.5. The van der Waals surface area contributed by atoms with Gasteiger partial charge in [0.1, 0.15) is 0 Å². The number of carbonyl (C=O) groups excluding carboxylic acids is 1. The van der Waals surface area contributed by atoms with Crippen LogP contribution in [0.2, 0.25) is 0 Å². The molecule has 0 saturated heterocycles. The van der Waals surface area contributed by atoms with Gasteiger partial charge < -0.3 is 5.11 Å². The quantitative estimate of drug-likeness (QED) is 0.674. The molecule has 0 aliphatic rings. The molecule has 1 aromatic carbocycles. The lowest BCUT2D eigenvalue weighted by atomic mass is 10.1. The lowest BCUT2D eigenvalue weighted by Crippen LogP contribution is -2.01. The Bertz CT molecular complexity index is 529. The van der Waals surface area contributed by atoms with Crippen LogP contribution >= 0.6 is 11.8 Å². The van der Waals surface area contributed by atoms with E-state index in [0.29, 0.717) is 12.2 Å². The van der Waals surface area contributed by atoms with Crippen LogP contribution in [0.3, 0.4) is 0 Å². The van der Waals surface area contributed by atoms with Crippen LogP contribution in [-0.4, -0.2) is 21.9 Å². The topological polar surface area (TPSA) is 54.4 Å². The minimum atomic E-state index is -1.32. The lowest BCUT2D eigenvalue weighted by molar-refractivity contribution is -0.109. The van der Waals surface area contributed by atoms with Crippen LogP contribution in [0.1, 0.15) is 29.3 Å². The van der Waals surface area contributed by atoms with E-state index in [0.717, 1.165) is 11.8 Å². The number of hydrogen-bond donors (Lipinski definition) is 1. The molecule has 0 saturated carbocycles. The monoisotopic (exact) mass is 266 g/mol. The predicted molar refractivity (Wildman–Crippen MR) is 68.0 cm³/mol. The number of carboxylic acid groups (broad SMARTS) is 1. The zero-order valence-electron chi connectivity index (χ0n) is 9.70. The summed E-state index contributed by atoms with van der Waals surface area (Å²) < 4.78 is 13.6. The molecule has 0 aliphatic carbocycles. The fraction of sp³-hybridized carbons (Fsp3) is 0.231. The molecule has 0 atom stereocenters. The zero-order valence-corrected chi connectivity index (χ0v) is 10.5. The molecule has 3 nitrogen and oxygen atoms in total. The summed E-state index contributed by atoms with van der Waals surface area (Å²) in [5, 5.41) is 8.74. The third kappa shape index (κ3) is 4.22. The van der Waals surface area contributed by atoms with Crippen molar-refractivity contribution in [2.75, 3.05) is 5.75 Å². The summed E-state index contributed by atoms with van der Waals surface area (Å²) in [7, 11) is 0. The first kappa shape index (κ1) is 14.3. The summed E-state index contributed by atoms with van der Waals surface area (Å²) in [6.07, 6.45) is 0.445. The van der Waals surface area contributed by atoms with E-state index in [9.17, 15) is 14.0 Å². The van der Waals surface area contributed by atoms with Gasteiger partial charge >= 0.3 is 5.97 Å². The van der Waals surface area contributed by atoms with E-state index in [4.69, 9.17) is 5.11 Å². The first-order valence-electron chi connectivity index (χ1n) is 5.16. The Morgan fingerprint density at radius 2 is 2.17 bits per heavy atom. The summed E-state index contributed by atoms with van der Waals surface area (Å²) in [6, 6.07) is 4.06. The molecule has 0 heterocycles. The van der Waals surface area contributed by atoms with Crippen LogP contribution in [0.25, 0.3) is 0 Å². The molecule has 1 rings (SSSR count). The van der Waals surface area contributed by atoms with Gasteiger partial charge in [0.25, 0.3) is 0 Å². The molecule has 94 valence electrons. The molecule has 0 fully saturated rings. The maximum atomic E-state index is 13.6. The summed E-state index contributed by atoms with van der Waals surface area (Å²) in [5.41, 5.74) is -0.331. The Morgan fingerprint density at radius 3 is 2.78 bits per heavy atom. The normalized spacial score (nSPS) is 9.44. The van der Waals surface area contributed by atoms with Gasteiger partial charge in [-0.3, -0.25) is 4.79 Å². The van der Waals surface area contributed by atoms with Crippen LogP contribution in [0.5, 0.6) is 0 Å². The molecule has 0 radical (unpaired) electrons. The van der Waals surface area contributed by atoms with Crippen molar-refractivity contribution in [3.05, 3.63) is 35.1 Å². The van der Waals surface area contributed by atoms with Crippen molar-refractivity contribution < 1.29 is 19.1 Å². The minimum absolute atomic E-state index is 0.0101. The van der Waals surface area contributed by atoms with E-state index in [1.54, 1.807) is 0 Å². The number of carboxylic acids is 1. The van der Waals surface area contributed by atoms with Gasteiger partial charge in [0, 0.05) is 19.1 Å². The highest BCUT2D eigenvalue weighted by Gasteiger charge is 2.11. The number of benzene rings is 1. The summed E-state index contributed by atoms with van der Waals surface area (Å²) in [5.74, 6) is 3.68. The molecular weight excluding hydrogens is 255 g/mol. The Labute approximate surface area is 108 Å². The van der Waals surface area contributed by atoms with Crippen molar-refractivity contribution in [2.45, 2.75) is 13.3 Å². The van der Waals surface area contributed by atoms with E-state index in [1.165, 1.54) is 25.1 Å². The highest BCUT2D eigenvalue weighted by Crippen LogP contribution is 2.12. The number of rotatable bonds is 3. The molecule has 0 amide bonds. The number of carbonyl (C=O) groups is 2. The number of thioether (sulfide) groups is 1. The fourth-order valence-electron chi connectivity index (χ4n) is 1.20. The average Bonchev–Trinajstić information content (AvgIpc) is 2.30. The van der Waals surface area contributed by atoms with E-state index < -0.39 is 11.8 Å². The van der Waals surface area contributed by atoms with Gasteiger partial charge in [0.05, 0.1) is 11.1 Å². The number of hydrogen-bond acceptors (Lipinski definition) is 3. The van der Waals surface area contributed by atoms with Crippen molar-refractivity contribution in [3.8, 4) is 11.8 Å². The van der Waals surface area contributed by atoms with Crippen molar-refractivity contribution in [1.82, 2.24) is 0 Å². The maximum Gasteiger partial charge on any atom is 0.338 e. The van der Waals surface area contributed by atoms with Crippen molar-refractivity contribution in [1.29, 1.82) is 0 Å². The Kier molecular flexibility index (Phi) is 5.40. The third-order valence-electron chi connectivity index (χ3n) is 1.98. The van der Waals surface area contributed by atoms with Crippen molar-refractivity contribution in [3.63, 3.8) is 0 Å². The molecule has 0 aromatic heterocycles. The predicted octanol–water partition coefficient (Wildman–Crippen LogP) is 2.55. The standard InChI is InChI=1S/C13H11FO3S/c1-9(15)18-8-3-2-5-10-6-4-7-11(12(10)14)13(16)17/h4,6-7H,3,8H2,1H3,(H,16,17). The lowest BCUT2D eigenvalue weighted by Gasteiger charge is -1.98. The first-order chi connectivity index (χ1) is 8.52. The number of halogens is 1. The second-order valence-corrected chi connectivity index (χ2v) is 4.64. The Balaban J connectivity index is 2.74. The smallest absolute Gasteiger partial charge is 0.338 e. The molecule has 18 heavy (non-hydrogen) atoms. The van der Waals surface area contributed by atoms with Gasteiger partial charge in [-0.25, -0.2) is 9.18 Å². The van der Waals surface area contributed by atoms with Crippen molar-refractivity contribution >= 4 is 22.8 Å². The van der Waals surface area contributed by atoms with Crippen LogP contribution in [0, 0.1) is 17.7 Å². The van der Waals surface area contributed by atoms with Gasteiger partial charge in [-0.15, -0.1) is 0 Å². The minimum Gasteiger partial charge on any atom is -0.478 e. The molecule has 1 aromatic rings. The summed E-state index contributed by atoms with van der Waals surface area (Å²) in [6.45, 7) is 1.47. The number of aromatic carboxylic acids is 1. The molecule has 0 spiro atoms. The van der Waals surface area contributed by atoms with Crippen LogP contribution < -0.4 is 0 Å². The van der Waals surface area contributed by atoms with Crippen molar-refractivity contribution in [2.24, 2.45) is 0 Å². The molecule has 1 N–H and O–H groups in total. The van der Waals surface area contributed by atoms with Crippen LogP contribution in [0.4, 0.5) is 4.39 Å². The summed E-state index contributed by atoms with van der Waals surface area (Å²) in [4.78, 5) is 21.3. The molecular formula is C13H11FO3S. The van der Waals surface area contributed by atoms with Gasteiger partial charge in [-0.1, -0.05) is 29.7 Å². The van der Waals surface area contributed by atoms with Crippen LogP contribution in [0.15, 0.2) is 18.2 Å². The van der Waals surface area contributed by atoms with Crippen LogP contribution in [-0.2, 0) is 4.79 Å². The fourth-order valence-corrected chi connectivity index (χ4v) is 1.69. The van der Waals surface area contributed by atoms with E-state index in [2.05, 4.69) is 11.8 Å². The molecule has 5 heteroatoms.